The largest absolute Gasteiger partial charge is 0.411 e. The molecule has 1 aliphatic heterocycles. The number of aromatic amines is 1. The van der Waals surface area contributed by atoms with Gasteiger partial charge in [-0.25, -0.2) is 15.0 Å². The first-order valence-corrected chi connectivity index (χ1v) is 10.1. The smallest absolute Gasteiger partial charge is 0.312 e. The number of rotatable bonds is 3. The normalized spacial score (nSPS) is 15.8. The van der Waals surface area contributed by atoms with E-state index in [2.05, 4.69) is 30.2 Å². The molecule has 11 nitrogen and oxygen atoms in total. The number of benzene rings is 1. The quantitative estimate of drug-likeness (QED) is 0.462. The Morgan fingerprint density at radius 3 is 2.97 bits per heavy atom. The van der Waals surface area contributed by atoms with E-state index in [1.165, 1.54) is 0 Å². The summed E-state index contributed by atoms with van der Waals surface area (Å²) in [6.45, 7) is 0.427. The Labute approximate surface area is 181 Å². The lowest BCUT2D eigenvalue weighted by molar-refractivity contribution is 0.0643. The van der Waals surface area contributed by atoms with Crippen LogP contribution in [-0.2, 0) is 13.5 Å². The van der Waals surface area contributed by atoms with Crippen LogP contribution < -0.4 is 0 Å². The van der Waals surface area contributed by atoms with Gasteiger partial charge in [0.2, 0.25) is 0 Å². The Bertz CT molecular complexity index is 1450. The average molecular weight is 427 g/mol. The number of hydrogen-bond acceptors (Lipinski definition) is 8. The van der Waals surface area contributed by atoms with E-state index in [1.807, 2.05) is 24.3 Å². The lowest BCUT2D eigenvalue weighted by Crippen LogP contribution is -2.41. The predicted octanol–water partition coefficient (Wildman–Crippen LogP) is 1.92. The SMILES string of the molecule is Cn1ccc(-c2nnc(C(=O)N3CCc4[nH]cnc4[C@@H]3c3ncc4ccccc4n3)o2)n1. The van der Waals surface area contributed by atoms with Crippen LogP contribution in [0.3, 0.4) is 0 Å². The van der Waals surface area contributed by atoms with E-state index in [0.29, 0.717) is 30.2 Å². The predicted molar refractivity (Wildman–Crippen MR) is 111 cm³/mol. The van der Waals surface area contributed by atoms with Gasteiger partial charge in [-0.3, -0.25) is 9.48 Å². The zero-order chi connectivity index (χ0) is 21.7. The molecule has 0 aliphatic carbocycles. The van der Waals surface area contributed by atoms with Crippen molar-refractivity contribution in [2.24, 2.45) is 7.05 Å². The second kappa shape index (κ2) is 7.08. The van der Waals surface area contributed by atoms with E-state index in [1.54, 1.807) is 41.4 Å². The first-order chi connectivity index (χ1) is 15.7. The molecule has 1 atom stereocenters. The number of aryl methyl sites for hydroxylation is 1. The van der Waals surface area contributed by atoms with Crippen molar-refractivity contribution in [2.75, 3.05) is 6.54 Å². The Kier molecular flexibility index (Phi) is 4.06. The van der Waals surface area contributed by atoms with Crippen molar-refractivity contribution in [1.82, 2.24) is 44.8 Å². The minimum absolute atomic E-state index is 0.115. The molecule has 32 heavy (non-hydrogen) atoms. The highest BCUT2D eigenvalue weighted by Crippen LogP contribution is 2.33. The monoisotopic (exact) mass is 427 g/mol. The van der Waals surface area contributed by atoms with Crippen molar-refractivity contribution in [3.63, 3.8) is 0 Å². The minimum atomic E-state index is -0.577. The van der Waals surface area contributed by atoms with Crippen LogP contribution in [0.25, 0.3) is 22.5 Å². The van der Waals surface area contributed by atoms with E-state index in [9.17, 15) is 4.79 Å². The molecule has 5 aromatic rings. The minimum Gasteiger partial charge on any atom is -0.411 e. The second-order valence-electron chi connectivity index (χ2n) is 7.49. The standard InChI is InChI=1S/C21H17N9O2/c1-29-8-6-15(28-29)19-26-27-20(32-19)21(31)30-9-7-14-16(24-11-23-14)17(30)18-22-10-12-4-2-3-5-13(12)25-18/h2-6,8,10-11,17H,7,9H2,1H3,(H,23,24)/t17-/m1/s1. The number of carbonyl (C=O) groups excluding carboxylic acids is 1. The maximum absolute atomic E-state index is 13.4. The third-order valence-electron chi connectivity index (χ3n) is 5.48. The topological polar surface area (TPSA) is 132 Å². The molecule has 158 valence electrons. The second-order valence-corrected chi connectivity index (χ2v) is 7.49. The number of nitrogens with one attached hydrogen (secondary N) is 1. The van der Waals surface area contributed by atoms with Crippen LogP contribution in [0, 0.1) is 0 Å². The molecular weight excluding hydrogens is 410 g/mol. The van der Waals surface area contributed by atoms with Gasteiger partial charge in [0.1, 0.15) is 11.7 Å². The number of aromatic nitrogens is 8. The molecule has 0 bridgehead atoms. The van der Waals surface area contributed by atoms with Crippen LogP contribution in [0.4, 0.5) is 0 Å². The van der Waals surface area contributed by atoms with Crippen LogP contribution in [0.15, 0.2) is 53.5 Å². The molecular formula is C21H17N9O2. The van der Waals surface area contributed by atoms with Crippen LogP contribution in [0.5, 0.6) is 0 Å². The highest BCUT2D eigenvalue weighted by molar-refractivity contribution is 5.90. The fourth-order valence-electron chi connectivity index (χ4n) is 3.94. The third-order valence-corrected chi connectivity index (χ3v) is 5.48. The molecule has 0 fully saturated rings. The van der Waals surface area contributed by atoms with E-state index >= 15 is 0 Å². The maximum atomic E-state index is 13.4. The van der Waals surface area contributed by atoms with Gasteiger partial charge in [-0.05, 0) is 12.1 Å². The Morgan fingerprint density at radius 2 is 2.09 bits per heavy atom. The van der Waals surface area contributed by atoms with Crippen molar-refractivity contribution >= 4 is 16.8 Å². The highest BCUT2D eigenvalue weighted by Gasteiger charge is 2.38. The Hall–Kier alpha value is -4.41. The zero-order valence-electron chi connectivity index (χ0n) is 17.0. The summed E-state index contributed by atoms with van der Waals surface area (Å²) in [6, 6.07) is 8.87. The fourth-order valence-corrected chi connectivity index (χ4v) is 3.94. The van der Waals surface area contributed by atoms with Crippen LogP contribution in [-0.4, -0.2) is 57.3 Å². The summed E-state index contributed by atoms with van der Waals surface area (Å²) in [5, 5.41) is 13.1. The molecule has 11 heteroatoms. The summed E-state index contributed by atoms with van der Waals surface area (Å²) in [6.07, 6.45) is 5.76. The fraction of sp³-hybridized carbons (Fsp3) is 0.190. The Balaban J connectivity index is 1.40. The molecule has 0 saturated carbocycles. The van der Waals surface area contributed by atoms with E-state index < -0.39 is 11.9 Å². The van der Waals surface area contributed by atoms with Crippen molar-refractivity contribution in [3.05, 3.63) is 72.2 Å². The molecule has 0 radical (unpaired) electrons. The maximum Gasteiger partial charge on any atom is 0.312 e. The summed E-state index contributed by atoms with van der Waals surface area (Å²) in [5.41, 5.74) is 2.96. The van der Waals surface area contributed by atoms with Crippen LogP contribution in [0.2, 0.25) is 0 Å². The molecule has 6 rings (SSSR count). The van der Waals surface area contributed by atoms with Gasteiger partial charge in [0.25, 0.3) is 5.89 Å². The summed E-state index contributed by atoms with van der Waals surface area (Å²) < 4.78 is 7.29. The lowest BCUT2D eigenvalue weighted by Gasteiger charge is -2.32. The summed E-state index contributed by atoms with van der Waals surface area (Å²) >= 11 is 0. The van der Waals surface area contributed by atoms with Crippen molar-refractivity contribution in [2.45, 2.75) is 12.5 Å². The van der Waals surface area contributed by atoms with Gasteiger partial charge in [-0.15, -0.1) is 10.2 Å². The molecule has 1 amide bonds. The highest BCUT2D eigenvalue weighted by atomic mass is 16.4. The van der Waals surface area contributed by atoms with Gasteiger partial charge >= 0.3 is 11.8 Å². The molecule has 0 unspecified atom stereocenters. The zero-order valence-corrected chi connectivity index (χ0v) is 17.0. The van der Waals surface area contributed by atoms with Gasteiger partial charge < -0.3 is 14.3 Å². The molecule has 4 aromatic heterocycles. The number of para-hydroxylation sites is 1. The van der Waals surface area contributed by atoms with Gasteiger partial charge in [-0.1, -0.05) is 18.2 Å². The number of hydrogen-bond donors (Lipinski definition) is 1. The Morgan fingerprint density at radius 1 is 1.19 bits per heavy atom. The lowest BCUT2D eigenvalue weighted by atomic mass is 10.0. The number of carbonyl (C=O) groups is 1. The van der Waals surface area contributed by atoms with Crippen LogP contribution >= 0.6 is 0 Å². The van der Waals surface area contributed by atoms with E-state index in [0.717, 1.165) is 16.6 Å². The molecule has 0 spiro atoms. The van der Waals surface area contributed by atoms with Gasteiger partial charge in [-0.2, -0.15) is 5.10 Å². The molecule has 5 heterocycles. The summed E-state index contributed by atoms with van der Waals surface area (Å²) in [5.74, 6) is 0.144. The van der Waals surface area contributed by atoms with Gasteiger partial charge in [0, 0.05) is 43.5 Å². The van der Waals surface area contributed by atoms with Gasteiger partial charge in [0.15, 0.2) is 5.82 Å². The van der Waals surface area contributed by atoms with Crippen molar-refractivity contribution in [3.8, 4) is 11.6 Å². The van der Waals surface area contributed by atoms with Crippen LogP contribution in [0.1, 0.15) is 33.9 Å². The summed E-state index contributed by atoms with van der Waals surface area (Å²) in [4.78, 5) is 32.0. The number of nitrogens with zero attached hydrogens (tertiary/aromatic N) is 8. The number of imidazole rings is 1. The molecule has 1 aromatic carbocycles. The summed E-state index contributed by atoms with van der Waals surface area (Å²) in [7, 11) is 1.79. The number of amides is 1. The molecule has 0 saturated heterocycles. The van der Waals surface area contributed by atoms with Gasteiger partial charge in [0.05, 0.1) is 17.5 Å². The van der Waals surface area contributed by atoms with Crippen molar-refractivity contribution in [1.29, 1.82) is 0 Å². The molecule has 1 aliphatic rings. The first kappa shape index (κ1) is 18.4. The van der Waals surface area contributed by atoms with Crippen molar-refractivity contribution < 1.29 is 9.21 Å². The van der Waals surface area contributed by atoms with E-state index in [-0.39, 0.29) is 11.8 Å². The van der Waals surface area contributed by atoms with E-state index in [4.69, 9.17) is 9.40 Å². The molecule has 1 N–H and O–H groups in total. The average Bonchev–Trinajstić information content (AvgIpc) is 3.58. The first-order valence-electron chi connectivity index (χ1n) is 10.1. The number of fused-ring (bicyclic) bond motifs is 2. The number of H-pyrrole nitrogens is 1. The third kappa shape index (κ3) is 2.94.